The number of carboxylic acid groups (broad SMARTS) is 1. The number of nitrogens with one attached hydrogen (secondary N) is 2. The molecule has 0 saturated heterocycles. The van der Waals surface area contributed by atoms with Crippen molar-refractivity contribution in [2.75, 3.05) is 11.9 Å². The number of nitriles is 1. The topological polar surface area (TPSA) is 121 Å². The second-order valence-electron chi connectivity index (χ2n) is 7.07. The SMILES string of the molecule is CNC(=O)N1C(=N)N(c2cccc(C(F)(F)F)c2)C(C)=C(C(=O)O)C1c1ccc(C#N)cc1. The first kappa shape index (κ1) is 23.3. The molecule has 2 aromatic carbocycles. The lowest BCUT2D eigenvalue weighted by atomic mass is 9.92. The summed E-state index contributed by atoms with van der Waals surface area (Å²) >= 11 is 0. The van der Waals surface area contributed by atoms with Gasteiger partial charge in [0.25, 0.3) is 0 Å². The van der Waals surface area contributed by atoms with Crippen LogP contribution in [0.25, 0.3) is 0 Å². The zero-order valence-corrected chi connectivity index (χ0v) is 17.4. The van der Waals surface area contributed by atoms with E-state index in [0.717, 1.165) is 28.0 Å². The Balaban J connectivity index is 2.27. The van der Waals surface area contributed by atoms with Crippen molar-refractivity contribution in [3.8, 4) is 6.07 Å². The fourth-order valence-electron chi connectivity index (χ4n) is 3.63. The number of halogens is 3. The molecule has 0 bridgehead atoms. The predicted molar refractivity (Wildman–Crippen MR) is 112 cm³/mol. The Labute approximate surface area is 186 Å². The van der Waals surface area contributed by atoms with E-state index in [9.17, 15) is 27.9 Å². The summed E-state index contributed by atoms with van der Waals surface area (Å²) in [6.45, 7) is 1.36. The number of carbonyl (C=O) groups excluding carboxylic acids is 1. The molecule has 0 saturated carbocycles. The van der Waals surface area contributed by atoms with Crippen LogP contribution in [0.4, 0.5) is 23.7 Å². The fourth-order valence-corrected chi connectivity index (χ4v) is 3.63. The molecule has 33 heavy (non-hydrogen) atoms. The third-order valence-corrected chi connectivity index (χ3v) is 5.15. The van der Waals surface area contributed by atoms with Gasteiger partial charge in [0.15, 0.2) is 0 Å². The maximum Gasteiger partial charge on any atom is 0.416 e. The number of carbonyl (C=O) groups is 2. The summed E-state index contributed by atoms with van der Waals surface area (Å²) < 4.78 is 39.8. The van der Waals surface area contributed by atoms with E-state index >= 15 is 0 Å². The highest BCUT2D eigenvalue weighted by atomic mass is 19.4. The number of hydrogen-bond acceptors (Lipinski definition) is 4. The van der Waals surface area contributed by atoms with Crippen LogP contribution in [-0.2, 0) is 11.0 Å². The number of guanidine groups is 1. The molecule has 1 unspecified atom stereocenters. The maximum absolute atomic E-state index is 13.3. The molecule has 1 aliphatic heterocycles. The maximum atomic E-state index is 13.3. The lowest BCUT2D eigenvalue weighted by Crippen LogP contribution is -2.55. The zero-order chi connectivity index (χ0) is 24.5. The normalized spacial score (nSPS) is 16.5. The first-order chi connectivity index (χ1) is 15.5. The molecule has 0 spiro atoms. The summed E-state index contributed by atoms with van der Waals surface area (Å²) in [5.41, 5.74) is -0.836. The van der Waals surface area contributed by atoms with E-state index in [4.69, 9.17) is 10.7 Å². The van der Waals surface area contributed by atoms with Crippen molar-refractivity contribution >= 4 is 23.6 Å². The minimum atomic E-state index is -4.66. The molecule has 0 fully saturated rings. The minimum absolute atomic E-state index is 0.0265. The highest BCUT2D eigenvalue weighted by Crippen LogP contribution is 2.40. The van der Waals surface area contributed by atoms with Crippen LogP contribution in [0.2, 0.25) is 0 Å². The Morgan fingerprint density at radius 1 is 1.18 bits per heavy atom. The number of alkyl halides is 3. The monoisotopic (exact) mass is 457 g/mol. The number of hydrogen-bond donors (Lipinski definition) is 3. The largest absolute Gasteiger partial charge is 0.478 e. The quantitative estimate of drug-likeness (QED) is 0.642. The number of allylic oxidation sites excluding steroid dienone is 1. The Kier molecular flexibility index (Phi) is 6.12. The van der Waals surface area contributed by atoms with Gasteiger partial charge >= 0.3 is 18.2 Å². The van der Waals surface area contributed by atoms with Gasteiger partial charge in [-0.2, -0.15) is 18.4 Å². The highest BCUT2D eigenvalue weighted by Gasteiger charge is 2.43. The number of carboxylic acids is 1. The van der Waals surface area contributed by atoms with Gasteiger partial charge in [0.2, 0.25) is 5.96 Å². The van der Waals surface area contributed by atoms with Gasteiger partial charge in [-0.3, -0.25) is 15.2 Å². The molecule has 170 valence electrons. The highest BCUT2D eigenvalue weighted by molar-refractivity contribution is 6.10. The average molecular weight is 457 g/mol. The van der Waals surface area contributed by atoms with Crippen molar-refractivity contribution in [2.24, 2.45) is 0 Å². The molecule has 2 aromatic rings. The van der Waals surface area contributed by atoms with Crippen molar-refractivity contribution in [2.45, 2.75) is 19.1 Å². The van der Waals surface area contributed by atoms with Crippen molar-refractivity contribution in [1.82, 2.24) is 10.2 Å². The summed E-state index contributed by atoms with van der Waals surface area (Å²) in [4.78, 5) is 26.9. The molecule has 1 heterocycles. The number of anilines is 1. The van der Waals surface area contributed by atoms with Gasteiger partial charge in [-0.1, -0.05) is 18.2 Å². The molecule has 0 radical (unpaired) electrons. The van der Waals surface area contributed by atoms with Crippen LogP contribution in [0.1, 0.15) is 29.7 Å². The Morgan fingerprint density at radius 3 is 2.33 bits per heavy atom. The van der Waals surface area contributed by atoms with E-state index in [1.54, 1.807) is 0 Å². The summed E-state index contributed by atoms with van der Waals surface area (Å²) in [6, 6.07) is 9.70. The van der Waals surface area contributed by atoms with Crippen LogP contribution in [0.15, 0.2) is 59.8 Å². The molecule has 0 aromatic heterocycles. The van der Waals surface area contributed by atoms with Crippen LogP contribution in [0.5, 0.6) is 0 Å². The summed E-state index contributed by atoms with van der Waals surface area (Å²) in [5.74, 6) is -1.95. The van der Waals surface area contributed by atoms with Crippen LogP contribution in [0, 0.1) is 16.7 Å². The van der Waals surface area contributed by atoms with Gasteiger partial charge < -0.3 is 10.4 Å². The lowest BCUT2D eigenvalue weighted by molar-refractivity contribution is -0.137. The fraction of sp³-hybridized carbons (Fsp3) is 0.182. The molecule has 3 N–H and O–H groups in total. The summed E-state index contributed by atoms with van der Waals surface area (Å²) in [7, 11) is 1.28. The zero-order valence-electron chi connectivity index (χ0n) is 17.4. The molecule has 2 amide bonds. The molecule has 1 aliphatic rings. The standard InChI is InChI=1S/C22H18F3N5O3/c1-12-17(19(31)32)18(14-8-6-13(11-26)7-9-14)30(21(33)28-2)20(27)29(12)16-5-3-4-15(10-16)22(23,24)25/h3-10,18,27H,1-2H3,(H,28,33)(H,31,32). The molecular formula is C22H18F3N5O3. The molecular weight excluding hydrogens is 439 g/mol. The van der Waals surface area contributed by atoms with E-state index in [2.05, 4.69) is 5.32 Å². The molecule has 3 rings (SSSR count). The van der Waals surface area contributed by atoms with Crippen LogP contribution < -0.4 is 10.2 Å². The Morgan fingerprint density at radius 2 is 1.82 bits per heavy atom. The lowest BCUT2D eigenvalue weighted by Gasteiger charge is -2.43. The smallest absolute Gasteiger partial charge is 0.416 e. The third-order valence-electron chi connectivity index (χ3n) is 5.15. The second-order valence-corrected chi connectivity index (χ2v) is 7.07. The average Bonchev–Trinajstić information content (AvgIpc) is 2.77. The number of aliphatic carboxylic acids is 1. The Bertz CT molecular complexity index is 1200. The second kappa shape index (κ2) is 8.66. The first-order valence-corrected chi connectivity index (χ1v) is 9.52. The van der Waals surface area contributed by atoms with E-state index in [0.29, 0.717) is 11.1 Å². The van der Waals surface area contributed by atoms with Gasteiger partial charge in [0.1, 0.15) is 6.04 Å². The molecule has 0 aliphatic carbocycles. The molecule has 1 atom stereocenters. The number of rotatable bonds is 3. The van der Waals surface area contributed by atoms with Crippen LogP contribution in [-0.4, -0.2) is 35.0 Å². The van der Waals surface area contributed by atoms with Crippen molar-refractivity contribution in [3.05, 3.63) is 76.5 Å². The van der Waals surface area contributed by atoms with Gasteiger partial charge in [0, 0.05) is 18.4 Å². The first-order valence-electron chi connectivity index (χ1n) is 9.52. The van der Waals surface area contributed by atoms with E-state index in [1.807, 2.05) is 6.07 Å². The number of nitrogens with zero attached hydrogens (tertiary/aromatic N) is 3. The van der Waals surface area contributed by atoms with E-state index in [1.165, 1.54) is 44.3 Å². The van der Waals surface area contributed by atoms with Gasteiger partial charge in [-0.15, -0.1) is 0 Å². The Hall–Kier alpha value is -4.33. The third kappa shape index (κ3) is 4.23. The van der Waals surface area contributed by atoms with Crippen LogP contribution >= 0.6 is 0 Å². The van der Waals surface area contributed by atoms with E-state index in [-0.39, 0.29) is 17.0 Å². The van der Waals surface area contributed by atoms with Gasteiger partial charge in [-0.05, 0) is 42.8 Å². The van der Waals surface area contributed by atoms with Crippen molar-refractivity contribution < 1.29 is 27.9 Å². The summed E-state index contributed by atoms with van der Waals surface area (Å²) in [5, 5.41) is 30.0. The number of benzene rings is 2. The predicted octanol–water partition coefficient (Wildman–Crippen LogP) is 4.07. The molecule has 8 nitrogen and oxygen atoms in total. The molecule has 11 heteroatoms. The van der Waals surface area contributed by atoms with Crippen molar-refractivity contribution in [3.63, 3.8) is 0 Å². The summed E-state index contributed by atoms with van der Waals surface area (Å²) in [6.07, 6.45) is -4.66. The number of urea groups is 1. The van der Waals surface area contributed by atoms with Gasteiger partial charge in [-0.25, -0.2) is 9.59 Å². The van der Waals surface area contributed by atoms with Gasteiger partial charge in [0.05, 0.1) is 22.8 Å². The van der Waals surface area contributed by atoms with E-state index < -0.39 is 35.7 Å². The number of amides is 2. The van der Waals surface area contributed by atoms with Crippen LogP contribution in [0.3, 0.4) is 0 Å². The van der Waals surface area contributed by atoms with Crippen molar-refractivity contribution in [1.29, 1.82) is 10.7 Å². The minimum Gasteiger partial charge on any atom is -0.478 e.